The second kappa shape index (κ2) is 6.74. The lowest BCUT2D eigenvalue weighted by atomic mass is 9.98. The fourth-order valence-corrected chi connectivity index (χ4v) is 2.32. The molecule has 114 valence electrons. The summed E-state index contributed by atoms with van der Waals surface area (Å²) < 4.78 is 10.7. The first-order chi connectivity index (χ1) is 10.0. The lowest BCUT2D eigenvalue weighted by Crippen LogP contribution is -2.54. The summed E-state index contributed by atoms with van der Waals surface area (Å²) in [6.07, 6.45) is 2.27. The molecule has 0 aliphatic carbocycles. The van der Waals surface area contributed by atoms with Gasteiger partial charge in [-0.15, -0.1) is 0 Å². The molecule has 0 radical (unpaired) electrons. The van der Waals surface area contributed by atoms with Crippen LogP contribution in [-0.2, 0) is 16.1 Å². The molecular weight excluding hydrogens is 268 g/mol. The molecule has 1 amide bonds. The molecule has 1 unspecified atom stereocenters. The normalized spacial score (nSPS) is 21.0. The third-order valence-electron chi connectivity index (χ3n) is 3.54. The second-order valence-electron chi connectivity index (χ2n) is 5.36. The lowest BCUT2D eigenvalue weighted by Gasteiger charge is -2.27. The van der Waals surface area contributed by atoms with Gasteiger partial charge in [-0.25, -0.2) is 0 Å². The smallest absolute Gasteiger partial charge is 0.245 e. The summed E-state index contributed by atoms with van der Waals surface area (Å²) in [5.41, 5.74) is 6.24. The molecule has 1 heterocycles. The molecule has 1 atom stereocenters. The number of carbonyl (C=O) groups is 1. The van der Waals surface area contributed by atoms with Crippen LogP contribution in [-0.4, -0.2) is 43.2 Å². The van der Waals surface area contributed by atoms with Crippen LogP contribution < -0.4 is 10.5 Å². The van der Waals surface area contributed by atoms with E-state index in [4.69, 9.17) is 15.2 Å². The third kappa shape index (κ3) is 3.83. The maximum Gasteiger partial charge on any atom is 0.245 e. The summed E-state index contributed by atoms with van der Waals surface area (Å²) >= 11 is 0. The molecule has 21 heavy (non-hydrogen) atoms. The van der Waals surface area contributed by atoms with Crippen molar-refractivity contribution in [1.82, 2.24) is 4.90 Å². The van der Waals surface area contributed by atoms with E-state index in [1.165, 1.54) is 0 Å². The Labute approximate surface area is 125 Å². The third-order valence-corrected chi connectivity index (χ3v) is 3.54. The molecule has 1 saturated heterocycles. The number of carbonyl (C=O) groups excluding carboxylic acids is 1. The number of likely N-dealkylation sites (N-methyl/N-ethyl adjacent to an activating group) is 1. The van der Waals surface area contributed by atoms with Gasteiger partial charge in [0.25, 0.3) is 0 Å². The fraction of sp³-hybridized carbons (Fsp3) is 0.438. The highest BCUT2D eigenvalue weighted by atomic mass is 16.5. The standard InChI is InChI=1S/C16H22N2O3/c1-3-9-21-14-6-4-13(5-7-14)11-18(2)15(19)16(17)8-10-20-12-16/h3-7H,1,8-12,17H2,2H3. The maximum absolute atomic E-state index is 12.4. The Morgan fingerprint density at radius 1 is 1.52 bits per heavy atom. The molecule has 0 spiro atoms. The van der Waals surface area contributed by atoms with Gasteiger partial charge in [0.15, 0.2) is 0 Å². The van der Waals surface area contributed by atoms with Crippen LogP contribution in [0.25, 0.3) is 0 Å². The van der Waals surface area contributed by atoms with E-state index in [1.54, 1.807) is 18.0 Å². The average Bonchev–Trinajstić information content (AvgIpc) is 2.93. The van der Waals surface area contributed by atoms with Crippen LogP contribution in [0, 0.1) is 0 Å². The van der Waals surface area contributed by atoms with E-state index in [1.807, 2.05) is 24.3 Å². The van der Waals surface area contributed by atoms with Gasteiger partial charge in [0.2, 0.25) is 5.91 Å². The maximum atomic E-state index is 12.4. The molecule has 1 aromatic rings. The molecule has 2 rings (SSSR count). The van der Waals surface area contributed by atoms with Gasteiger partial charge in [0.1, 0.15) is 17.9 Å². The van der Waals surface area contributed by atoms with Gasteiger partial charge in [0, 0.05) is 20.2 Å². The molecule has 2 N–H and O–H groups in total. The van der Waals surface area contributed by atoms with Gasteiger partial charge in [-0.1, -0.05) is 24.8 Å². The molecule has 5 heteroatoms. The number of nitrogens with zero attached hydrogens (tertiary/aromatic N) is 1. The van der Waals surface area contributed by atoms with Crippen LogP contribution in [0.4, 0.5) is 0 Å². The fourth-order valence-electron chi connectivity index (χ4n) is 2.32. The van der Waals surface area contributed by atoms with Crippen LogP contribution >= 0.6 is 0 Å². The highest BCUT2D eigenvalue weighted by Crippen LogP contribution is 2.20. The zero-order valence-electron chi connectivity index (χ0n) is 12.4. The summed E-state index contributed by atoms with van der Waals surface area (Å²) in [7, 11) is 1.76. The van der Waals surface area contributed by atoms with Crippen molar-refractivity contribution in [3.05, 3.63) is 42.5 Å². The molecular formula is C16H22N2O3. The van der Waals surface area contributed by atoms with Crippen molar-refractivity contribution in [3.63, 3.8) is 0 Å². The first-order valence-electron chi connectivity index (χ1n) is 7.00. The van der Waals surface area contributed by atoms with E-state index >= 15 is 0 Å². The van der Waals surface area contributed by atoms with Crippen molar-refractivity contribution in [2.75, 3.05) is 26.9 Å². The van der Waals surface area contributed by atoms with Gasteiger partial charge in [-0.3, -0.25) is 4.79 Å². The van der Waals surface area contributed by atoms with Crippen molar-refractivity contribution in [1.29, 1.82) is 0 Å². The first kappa shape index (κ1) is 15.5. The summed E-state index contributed by atoms with van der Waals surface area (Å²) in [4.78, 5) is 14.0. The Bertz CT molecular complexity index is 493. The highest BCUT2D eigenvalue weighted by molar-refractivity contribution is 5.86. The molecule has 0 saturated carbocycles. The highest BCUT2D eigenvalue weighted by Gasteiger charge is 2.40. The van der Waals surface area contributed by atoms with Crippen LogP contribution in [0.5, 0.6) is 5.75 Å². The predicted molar refractivity (Wildman–Crippen MR) is 81.0 cm³/mol. The van der Waals surface area contributed by atoms with E-state index < -0.39 is 5.54 Å². The molecule has 1 aromatic carbocycles. The number of ether oxygens (including phenoxy) is 2. The summed E-state index contributed by atoms with van der Waals surface area (Å²) in [6, 6.07) is 7.65. The number of hydrogen-bond donors (Lipinski definition) is 1. The van der Waals surface area contributed by atoms with Crippen LogP contribution in [0.1, 0.15) is 12.0 Å². The summed E-state index contributed by atoms with van der Waals surface area (Å²) in [5, 5.41) is 0. The Morgan fingerprint density at radius 2 is 2.24 bits per heavy atom. The van der Waals surface area contributed by atoms with Gasteiger partial charge in [-0.05, 0) is 24.1 Å². The second-order valence-corrected chi connectivity index (χ2v) is 5.36. The van der Waals surface area contributed by atoms with Crippen molar-refractivity contribution in [3.8, 4) is 5.75 Å². The van der Waals surface area contributed by atoms with Crippen LogP contribution in [0.15, 0.2) is 36.9 Å². The first-order valence-corrected chi connectivity index (χ1v) is 7.00. The minimum absolute atomic E-state index is 0.0769. The number of amides is 1. The number of nitrogens with two attached hydrogens (primary N) is 1. The molecule has 5 nitrogen and oxygen atoms in total. The van der Waals surface area contributed by atoms with E-state index in [2.05, 4.69) is 6.58 Å². The van der Waals surface area contributed by atoms with Crippen molar-refractivity contribution < 1.29 is 14.3 Å². The predicted octanol–water partition coefficient (Wildman–Crippen LogP) is 1.33. The number of hydrogen-bond acceptors (Lipinski definition) is 4. The molecule has 0 bridgehead atoms. The van der Waals surface area contributed by atoms with Crippen LogP contribution in [0.3, 0.4) is 0 Å². The van der Waals surface area contributed by atoms with E-state index in [9.17, 15) is 4.79 Å². The number of benzene rings is 1. The number of rotatable bonds is 6. The Balaban J connectivity index is 1.94. The minimum atomic E-state index is -0.873. The Hall–Kier alpha value is -1.85. The lowest BCUT2D eigenvalue weighted by molar-refractivity contribution is -0.136. The van der Waals surface area contributed by atoms with Crippen LogP contribution in [0.2, 0.25) is 0 Å². The Morgan fingerprint density at radius 3 is 2.81 bits per heavy atom. The Kier molecular flexibility index (Phi) is 4.98. The molecule has 0 aromatic heterocycles. The van der Waals surface area contributed by atoms with Gasteiger partial charge < -0.3 is 20.1 Å². The largest absolute Gasteiger partial charge is 0.490 e. The molecule has 1 fully saturated rings. The van der Waals surface area contributed by atoms with Crippen molar-refractivity contribution >= 4 is 5.91 Å². The average molecular weight is 290 g/mol. The quantitative estimate of drug-likeness (QED) is 0.803. The zero-order chi connectivity index (χ0) is 15.3. The van der Waals surface area contributed by atoms with E-state index in [0.717, 1.165) is 11.3 Å². The van der Waals surface area contributed by atoms with Gasteiger partial charge in [-0.2, -0.15) is 0 Å². The molecule has 1 aliphatic heterocycles. The van der Waals surface area contributed by atoms with E-state index in [-0.39, 0.29) is 5.91 Å². The van der Waals surface area contributed by atoms with Gasteiger partial charge >= 0.3 is 0 Å². The zero-order valence-corrected chi connectivity index (χ0v) is 12.4. The van der Waals surface area contributed by atoms with Gasteiger partial charge in [0.05, 0.1) is 6.61 Å². The molecule has 1 aliphatic rings. The van der Waals surface area contributed by atoms with Crippen molar-refractivity contribution in [2.45, 2.75) is 18.5 Å². The summed E-state index contributed by atoms with van der Waals surface area (Å²) in [5.74, 6) is 0.708. The van der Waals surface area contributed by atoms with Crippen molar-refractivity contribution in [2.24, 2.45) is 5.73 Å². The monoisotopic (exact) mass is 290 g/mol. The minimum Gasteiger partial charge on any atom is -0.490 e. The SMILES string of the molecule is C=CCOc1ccc(CN(C)C(=O)C2(N)CCOC2)cc1. The topological polar surface area (TPSA) is 64.8 Å². The van der Waals surface area contributed by atoms with E-state index in [0.29, 0.717) is 32.8 Å². The summed E-state index contributed by atoms with van der Waals surface area (Å²) in [6.45, 7) is 5.44.